The molecule has 0 radical (unpaired) electrons. The van der Waals surface area contributed by atoms with Crippen LogP contribution in [0.4, 0.5) is 0 Å². The van der Waals surface area contributed by atoms with E-state index in [4.69, 9.17) is 30.6 Å². The van der Waals surface area contributed by atoms with Crippen LogP contribution in [0.3, 0.4) is 0 Å². The Bertz CT molecular complexity index is 260. The van der Waals surface area contributed by atoms with Crippen molar-refractivity contribution in [1.29, 1.82) is 0 Å². The van der Waals surface area contributed by atoms with Crippen molar-refractivity contribution in [2.24, 2.45) is 0 Å². The van der Waals surface area contributed by atoms with Crippen LogP contribution in [-0.4, -0.2) is 67.4 Å². The molecule has 6 N–H and O–H groups in total. The van der Waals surface area contributed by atoms with E-state index in [-0.39, 0.29) is 34.9 Å². The third-order valence-corrected chi connectivity index (χ3v) is 1.39. The fourth-order valence-corrected chi connectivity index (χ4v) is 0.714. The summed E-state index contributed by atoms with van der Waals surface area (Å²) >= 11 is 0. The standard InChI is InChI=1S/C6H8O7.C2H6O2.Ti/c7-3(8)1-6(13,5(11)12)2-4(9)10;3-1-2-4;/h13H,1-2H2,(H,7,8)(H,9,10)(H,11,12);3-4H,1-2H2;. The molecule has 0 aliphatic carbocycles. The van der Waals surface area contributed by atoms with Crippen LogP contribution >= 0.6 is 0 Å². The van der Waals surface area contributed by atoms with E-state index in [1.54, 1.807) is 0 Å². The van der Waals surface area contributed by atoms with Gasteiger partial charge in [-0.2, -0.15) is 0 Å². The van der Waals surface area contributed by atoms with Crippen molar-refractivity contribution in [3.8, 4) is 0 Å². The molecule has 0 amide bonds. The molecule has 0 aliphatic heterocycles. The Morgan fingerprint density at radius 1 is 0.833 bits per heavy atom. The molecule has 0 heterocycles. The molecule has 0 fully saturated rings. The molecular weight excluding hydrogens is 288 g/mol. The smallest absolute Gasteiger partial charge is 0.336 e. The summed E-state index contributed by atoms with van der Waals surface area (Å²) in [5.41, 5.74) is -2.74. The quantitative estimate of drug-likeness (QED) is 0.295. The van der Waals surface area contributed by atoms with Gasteiger partial charge in [0.15, 0.2) is 5.60 Å². The van der Waals surface area contributed by atoms with Crippen molar-refractivity contribution < 1.29 is 66.7 Å². The van der Waals surface area contributed by atoms with Gasteiger partial charge in [0.1, 0.15) is 0 Å². The molecule has 0 aromatic heterocycles. The summed E-state index contributed by atoms with van der Waals surface area (Å²) in [6, 6.07) is 0. The van der Waals surface area contributed by atoms with Crippen LogP contribution in [0.15, 0.2) is 0 Å². The molecule has 0 unspecified atom stereocenters. The Labute approximate surface area is 117 Å². The SMILES string of the molecule is O=C(O)CC(O)(CC(=O)O)C(=O)O.OCCO.[Ti]. The summed E-state index contributed by atoms with van der Waals surface area (Å²) in [4.78, 5) is 30.5. The Morgan fingerprint density at radius 2 is 1.11 bits per heavy atom. The summed E-state index contributed by atoms with van der Waals surface area (Å²) < 4.78 is 0. The number of carboxylic acids is 3. The van der Waals surface area contributed by atoms with Gasteiger partial charge >= 0.3 is 17.9 Å². The first-order chi connectivity index (χ1) is 7.69. The van der Waals surface area contributed by atoms with E-state index in [0.29, 0.717) is 0 Å². The fourth-order valence-electron chi connectivity index (χ4n) is 0.714. The minimum Gasteiger partial charge on any atom is -0.481 e. The minimum absolute atomic E-state index is 0. The van der Waals surface area contributed by atoms with E-state index in [1.807, 2.05) is 0 Å². The van der Waals surface area contributed by atoms with Gasteiger partial charge in [-0.05, 0) is 0 Å². The molecule has 104 valence electrons. The van der Waals surface area contributed by atoms with Gasteiger partial charge in [-0.3, -0.25) is 9.59 Å². The molecule has 0 bridgehead atoms. The number of hydrogen-bond acceptors (Lipinski definition) is 6. The number of carbonyl (C=O) groups is 3. The molecule has 10 heteroatoms. The van der Waals surface area contributed by atoms with Gasteiger partial charge in [0, 0.05) is 21.7 Å². The summed E-state index contributed by atoms with van der Waals surface area (Å²) in [6.45, 7) is -0.250. The van der Waals surface area contributed by atoms with Gasteiger partial charge in [0.2, 0.25) is 0 Å². The van der Waals surface area contributed by atoms with Crippen LogP contribution in [-0.2, 0) is 36.1 Å². The zero-order valence-corrected chi connectivity index (χ0v) is 10.8. The molecular formula is C8H14O9Ti. The molecule has 0 atom stereocenters. The minimum atomic E-state index is -2.74. The average molecular weight is 302 g/mol. The molecule has 0 aromatic carbocycles. The molecule has 0 saturated carbocycles. The Hall–Kier alpha value is -0.996. The van der Waals surface area contributed by atoms with Gasteiger partial charge in [0.05, 0.1) is 26.1 Å². The van der Waals surface area contributed by atoms with Crippen LogP contribution in [0.1, 0.15) is 12.8 Å². The maximum atomic E-state index is 10.3. The number of aliphatic hydroxyl groups is 3. The van der Waals surface area contributed by atoms with Crippen LogP contribution < -0.4 is 0 Å². The predicted octanol–water partition coefficient (Wildman–Crippen LogP) is -2.28. The average Bonchev–Trinajstić information content (AvgIpc) is 2.15. The Kier molecular flexibility index (Phi) is 13.7. The second kappa shape index (κ2) is 11.1. The van der Waals surface area contributed by atoms with Gasteiger partial charge in [-0.1, -0.05) is 0 Å². The van der Waals surface area contributed by atoms with Crippen LogP contribution in [0.2, 0.25) is 0 Å². The fraction of sp³-hybridized carbons (Fsp3) is 0.625. The predicted molar refractivity (Wildman–Crippen MR) is 51.3 cm³/mol. The first-order valence-corrected chi connectivity index (χ1v) is 4.30. The van der Waals surface area contributed by atoms with Crippen molar-refractivity contribution in [3.63, 3.8) is 0 Å². The van der Waals surface area contributed by atoms with Gasteiger partial charge in [-0.25, -0.2) is 4.79 Å². The van der Waals surface area contributed by atoms with Crippen molar-refractivity contribution in [2.45, 2.75) is 18.4 Å². The maximum absolute atomic E-state index is 10.3. The van der Waals surface area contributed by atoms with E-state index in [9.17, 15) is 14.4 Å². The van der Waals surface area contributed by atoms with Gasteiger partial charge in [-0.15, -0.1) is 0 Å². The second-order valence-corrected chi connectivity index (χ2v) is 2.92. The Balaban J connectivity index is -0.000000392. The topological polar surface area (TPSA) is 173 Å². The van der Waals surface area contributed by atoms with Crippen LogP contribution in [0.5, 0.6) is 0 Å². The first-order valence-electron chi connectivity index (χ1n) is 4.30. The van der Waals surface area contributed by atoms with Crippen molar-refractivity contribution in [2.75, 3.05) is 13.2 Å². The van der Waals surface area contributed by atoms with E-state index < -0.39 is 36.4 Å². The van der Waals surface area contributed by atoms with Crippen LogP contribution in [0, 0.1) is 0 Å². The molecule has 0 rings (SSSR count). The number of aliphatic hydroxyl groups excluding tert-OH is 2. The second-order valence-electron chi connectivity index (χ2n) is 2.92. The number of carboxylic acid groups (broad SMARTS) is 3. The summed E-state index contributed by atoms with van der Waals surface area (Å²) in [5, 5.41) is 49.1. The third kappa shape index (κ3) is 11.5. The zero-order chi connectivity index (χ0) is 14.1. The maximum Gasteiger partial charge on any atom is 0.336 e. The van der Waals surface area contributed by atoms with E-state index in [0.717, 1.165) is 0 Å². The zero-order valence-electron chi connectivity index (χ0n) is 9.24. The number of aliphatic carboxylic acids is 3. The van der Waals surface area contributed by atoms with Crippen molar-refractivity contribution in [1.82, 2.24) is 0 Å². The summed E-state index contributed by atoms with van der Waals surface area (Å²) in [6.07, 6.45) is -2.29. The first kappa shape index (κ1) is 22.2. The van der Waals surface area contributed by atoms with E-state index >= 15 is 0 Å². The van der Waals surface area contributed by atoms with Crippen molar-refractivity contribution >= 4 is 17.9 Å². The molecule has 0 spiro atoms. The molecule has 9 nitrogen and oxygen atoms in total. The summed E-state index contributed by atoms with van der Waals surface area (Å²) in [7, 11) is 0. The van der Waals surface area contributed by atoms with Crippen molar-refractivity contribution in [3.05, 3.63) is 0 Å². The van der Waals surface area contributed by atoms with E-state index in [1.165, 1.54) is 0 Å². The third-order valence-electron chi connectivity index (χ3n) is 1.39. The summed E-state index contributed by atoms with van der Waals surface area (Å²) in [5.74, 6) is -5.02. The van der Waals surface area contributed by atoms with Gasteiger partial charge < -0.3 is 30.6 Å². The van der Waals surface area contributed by atoms with Crippen LogP contribution in [0.25, 0.3) is 0 Å². The Morgan fingerprint density at radius 3 is 1.22 bits per heavy atom. The van der Waals surface area contributed by atoms with Gasteiger partial charge in [0.25, 0.3) is 0 Å². The number of rotatable bonds is 6. The monoisotopic (exact) mass is 302 g/mol. The normalized spacial score (nSPS) is 9.50. The largest absolute Gasteiger partial charge is 0.481 e. The molecule has 0 aromatic rings. The molecule has 18 heavy (non-hydrogen) atoms. The number of hydrogen-bond donors (Lipinski definition) is 6. The molecule has 0 aliphatic rings. The molecule has 0 saturated heterocycles. The van der Waals surface area contributed by atoms with E-state index in [2.05, 4.69) is 0 Å².